The molecular weight excluding hydrogens is 287 g/mol. The first kappa shape index (κ1) is 14.1. The molecule has 0 atom stereocenters. The molecule has 2 N–H and O–H groups in total. The lowest BCUT2D eigenvalue weighted by molar-refractivity contribution is 0.0963. The molecule has 6 nitrogen and oxygen atoms in total. The van der Waals surface area contributed by atoms with Crippen LogP contribution in [0.2, 0.25) is 0 Å². The van der Waals surface area contributed by atoms with Gasteiger partial charge >= 0.3 is 6.03 Å². The van der Waals surface area contributed by atoms with Gasteiger partial charge in [0.1, 0.15) is 5.82 Å². The quantitative estimate of drug-likeness (QED) is 0.912. The van der Waals surface area contributed by atoms with Crippen molar-refractivity contribution in [2.75, 3.05) is 5.32 Å². The summed E-state index contributed by atoms with van der Waals surface area (Å²) in [7, 11) is 0. The van der Waals surface area contributed by atoms with E-state index in [4.69, 9.17) is 0 Å². The third-order valence-electron chi connectivity index (χ3n) is 3.32. The van der Waals surface area contributed by atoms with Crippen LogP contribution < -0.4 is 10.6 Å². The number of hydrogen-bond donors (Lipinski definition) is 2. The highest BCUT2D eigenvalue weighted by Crippen LogP contribution is 2.40. The van der Waals surface area contributed by atoms with E-state index in [1.165, 1.54) is 30.7 Å². The number of rotatable bonds is 3. The predicted molar refractivity (Wildman–Crippen MR) is 76.9 cm³/mol. The molecule has 1 fully saturated rings. The molecule has 0 radical (unpaired) electrons. The number of benzene rings is 1. The van der Waals surface area contributed by atoms with Gasteiger partial charge in [-0.25, -0.2) is 14.2 Å². The van der Waals surface area contributed by atoms with Crippen LogP contribution >= 0.6 is 0 Å². The summed E-state index contributed by atoms with van der Waals surface area (Å²) >= 11 is 0. The number of carbonyl (C=O) groups is 2. The maximum absolute atomic E-state index is 14.0. The lowest BCUT2D eigenvalue weighted by Gasteiger charge is -2.07. The Balaban J connectivity index is 1.65. The Morgan fingerprint density at radius 3 is 2.68 bits per heavy atom. The van der Waals surface area contributed by atoms with E-state index in [0.29, 0.717) is 5.92 Å². The molecule has 1 aliphatic rings. The minimum Gasteiger partial charge on any atom is -0.291 e. The van der Waals surface area contributed by atoms with Crippen molar-refractivity contribution >= 4 is 17.8 Å². The summed E-state index contributed by atoms with van der Waals surface area (Å²) in [4.78, 5) is 31.2. The maximum atomic E-state index is 14.0. The maximum Gasteiger partial charge on any atom is 0.327 e. The Labute approximate surface area is 125 Å². The van der Waals surface area contributed by atoms with E-state index in [-0.39, 0.29) is 11.4 Å². The van der Waals surface area contributed by atoms with Gasteiger partial charge < -0.3 is 0 Å². The summed E-state index contributed by atoms with van der Waals surface area (Å²) < 4.78 is 14.0. The van der Waals surface area contributed by atoms with E-state index in [2.05, 4.69) is 20.6 Å². The molecule has 22 heavy (non-hydrogen) atoms. The molecule has 1 heterocycles. The highest BCUT2D eigenvalue weighted by molar-refractivity contribution is 6.07. The predicted octanol–water partition coefficient (Wildman–Crippen LogP) is 2.46. The van der Waals surface area contributed by atoms with Gasteiger partial charge in [-0.3, -0.25) is 20.4 Å². The van der Waals surface area contributed by atoms with Crippen LogP contribution in [0.1, 0.15) is 34.7 Å². The zero-order valence-corrected chi connectivity index (χ0v) is 11.5. The molecule has 1 saturated carbocycles. The summed E-state index contributed by atoms with van der Waals surface area (Å²) in [5.41, 5.74) is 0.719. The van der Waals surface area contributed by atoms with Crippen LogP contribution in [-0.2, 0) is 0 Å². The average Bonchev–Trinajstić information content (AvgIpc) is 3.32. The highest BCUT2D eigenvalue weighted by Gasteiger charge is 2.25. The van der Waals surface area contributed by atoms with Gasteiger partial charge in [0, 0.05) is 12.4 Å². The topological polar surface area (TPSA) is 84.0 Å². The number of nitrogens with one attached hydrogen (secondary N) is 2. The SMILES string of the molecule is O=C(NC(=O)c1ccc(C2CC2)cc1F)Nc1cnccn1. The highest BCUT2D eigenvalue weighted by atomic mass is 19.1. The van der Waals surface area contributed by atoms with Gasteiger partial charge in [-0.05, 0) is 36.5 Å². The molecule has 3 rings (SSSR count). The second kappa shape index (κ2) is 5.88. The van der Waals surface area contributed by atoms with Crippen molar-refractivity contribution in [2.45, 2.75) is 18.8 Å². The minimum absolute atomic E-state index is 0.168. The lowest BCUT2D eigenvalue weighted by Crippen LogP contribution is -2.35. The number of amides is 3. The molecule has 0 unspecified atom stereocenters. The van der Waals surface area contributed by atoms with Crippen LogP contribution in [0.4, 0.5) is 15.0 Å². The van der Waals surface area contributed by atoms with Gasteiger partial charge in [0.25, 0.3) is 5.91 Å². The zero-order valence-electron chi connectivity index (χ0n) is 11.5. The van der Waals surface area contributed by atoms with Crippen LogP contribution in [0.3, 0.4) is 0 Å². The van der Waals surface area contributed by atoms with Gasteiger partial charge in [-0.1, -0.05) is 6.07 Å². The number of nitrogens with zero attached hydrogens (tertiary/aromatic N) is 2. The number of hydrogen-bond acceptors (Lipinski definition) is 4. The second-order valence-electron chi connectivity index (χ2n) is 5.01. The van der Waals surface area contributed by atoms with Crippen molar-refractivity contribution < 1.29 is 14.0 Å². The first-order valence-corrected chi connectivity index (χ1v) is 6.81. The molecule has 3 amide bonds. The fraction of sp³-hybridized carbons (Fsp3) is 0.200. The normalized spacial score (nSPS) is 13.5. The van der Waals surface area contributed by atoms with E-state index < -0.39 is 17.8 Å². The summed E-state index contributed by atoms with van der Waals surface area (Å²) in [6.45, 7) is 0. The third-order valence-corrected chi connectivity index (χ3v) is 3.32. The number of urea groups is 1. The Morgan fingerprint density at radius 2 is 2.05 bits per heavy atom. The number of halogens is 1. The molecule has 1 aliphatic carbocycles. The average molecular weight is 300 g/mol. The Hall–Kier alpha value is -2.83. The summed E-state index contributed by atoms with van der Waals surface area (Å²) in [5.74, 6) is -0.848. The van der Waals surface area contributed by atoms with Crippen LogP contribution in [0.15, 0.2) is 36.8 Å². The molecule has 1 aromatic heterocycles. The van der Waals surface area contributed by atoms with E-state index in [9.17, 15) is 14.0 Å². The summed E-state index contributed by atoms with van der Waals surface area (Å²) in [6.07, 6.45) is 6.27. The molecule has 0 aliphatic heterocycles. The van der Waals surface area contributed by atoms with Crippen LogP contribution in [0.25, 0.3) is 0 Å². The van der Waals surface area contributed by atoms with E-state index in [1.54, 1.807) is 6.07 Å². The van der Waals surface area contributed by atoms with Crippen molar-refractivity contribution in [3.8, 4) is 0 Å². The van der Waals surface area contributed by atoms with Gasteiger partial charge in [0.2, 0.25) is 0 Å². The fourth-order valence-electron chi connectivity index (χ4n) is 2.07. The first-order valence-electron chi connectivity index (χ1n) is 6.81. The van der Waals surface area contributed by atoms with E-state index in [1.807, 2.05) is 0 Å². The first-order chi connectivity index (χ1) is 10.6. The van der Waals surface area contributed by atoms with Crippen molar-refractivity contribution in [3.63, 3.8) is 0 Å². The van der Waals surface area contributed by atoms with Crippen LogP contribution in [0.5, 0.6) is 0 Å². The standard InChI is InChI=1S/C15H13FN4O2/c16-12-7-10(9-1-2-9)3-4-11(12)14(21)20-15(22)19-13-8-17-5-6-18-13/h3-9H,1-2H2,(H2,18,19,20,21,22). The van der Waals surface area contributed by atoms with Crippen LogP contribution in [0, 0.1) is 5.82 Å². The zero-order chi connectivity index (χ0) is 15.5. The largest absolute Gasteiger partial charge is 0.327 e. The number of aromatic nitrogens is 2. The summed E-state index contributed by atoms with van der Waals surface area (Å²) in [6, 6.07) is 3.67. The van der Waals surface area contributed by atoms with Crippen molar-refractivity contribution in [3.05, 3.63) is 53.7 Å². The molecule has 0 bridgehead atoms. The third kappa shape index (κ3) is 3.25. The smallest absolute Gasteiger partial charge is 0.291 e. The number of carbonyl (C=O) groups excluding carboxylic acids is 2. The molecule has 7 heteroatoms. The van der Waals surface area contributed by atoms with Gasteiger partial charge in [0.15, 0.2) is 5.82 Å². The van der Waals surface area contributed by atoms with E-state index in [0.717, 1.165) is 18.4 Å². The van der Waals surface area contributed by atoms with Crippen molar-refractivity contribution in [1.29, 1.82) is 0 Å². The molecular formula is C15H13FN4O2. The Bertz CT molecular complexity index is 717. The molecule has 112 valence electrons. The molecule has 1 aromatic carbocycles. The van der Waals surface area contributed by atoms with Gasteiger partial charge in [0.05, 0.1) is 11.8 Å². The molecule has 2 aromatic rings. The fourth-order valence-corrected chi connectivity index (χ4v) is 2.07. The Kier molecular flexibility index (Phi) is 3.78. The van der Waals surface area contributed by atoms with E-state index >= 15 is 0 Å². The number of anilines is 1. The monoisotopic (exact) mass is 300 g/mol. The van der Waals surface area contributed by atoms with Gasteiger partial charge in [-0.15, -0.1) is 0 Å². The number of imide groups is 1. The molecule has 0 saturated heterocycles. The lowest BCUT2D eigenvalue weighted by atomic mass is 10.1. The van der Waals surface area contributed by atoms with Crippen molar-refractivity contribution in [2.24, 2.45) is 0 Å². The van der Waals surface area contributed by atoms with Crippen molar-refractivity contribution in [1.82, 2.24) is 15.3 Å². The molecule has 0 spiro atoms. The minimum atomic E-state index is -0.804. The summed E-state index contributed by atoms with van der Waals surface area (Å²) in [5, 5.41) is 4.39. The van der Waals surface area contributed by atoms with Gasteiger partial charge in [-0.2, -0.15) is 0 Å². The second-order valence-corrected chi connectivity index (χ2v) is 5.01. The Morgan fingerprint density at radius 1 is 1.23 bits per heavy atom. The van der Waals surface area contributed by atoms with Crippen LogP contribution in [-0.4, -0.2) is 21.9 Å².